The molecule has 2 aromatic carbocycles. The lowest BCUT2D eigenvalue weighted by Crippen LogP contribution is -2.36. The number of ether oxygens (including phenoxy) is 1. The van der Waals surface area contributed by atoms with E-state index in [4.69, 9.17) is 46.4 Å². The summed E-state index contributed by atoms with van der Waals surface area (Å²) in [6, 6.07) is 4.19. The van der Waals surface area contributed by atoms with Gasteiger partial charge in [0, 0.05) is 0 Å². The van der Waals surface area contributed by atoms with Crippen LogP contribution < -0.4 is 5.32 Å². The highest BCUT2D eigenvalue weighted by atomic mass is 35.5. The molecule has 1 aliphatic rings. The summed E-state index contributed by atoms with van der Waals surface area (Å²) in [5, 5.41) is 0.786. The molecule has 0 aliphatic carbocycles. The number of nitrogens with one attached hydrogen (secondary N) is 1. The smallest absolute Gasteiger partial charge is 0.418 e. The first-order chi connectivity index (χ1) is 15.3. The Morgan fingerprint density at radius 2 is 1.42 bits per heavy atom. The van der Waals surface area contributed by atoms with Crippen LogP contribution in [0.15, 0.2) is 24.3 Å². The fourth-order valence-electron chi connectivity index (χ4n) is 2.89. The number of hydrogen-bond donors (Lipinski definition) is 1. The Kier molecular flexibility index (Phi) is 7.13. The zero-order valence-corrected chi connectivity index (χ0v) is 18.9. The number of para-hydroxylation sites is 1. The summed E-state index contributed by atoms with van der Waals surface area (Å²) < 4.78 is 43.6. The Morgan fingerprint density at radius 3 is 1.94 bits per heavy atom. The van der Waals surface area contributed by atoms with Gasteiger partial charge in [-0.1, -0.05) is 58.5 Å². The second-order valence-electron chi connectivity index (χ2n) is 6.45. The molecule has 0 spiro atoms. The highest BCUT2D eigenvalue weighted by Crippen LogP contribution is 2.44. The molecule has 2 aromatic rings. The number of carbonyl (C=O) groups excluding carboxylic acids is 4. The minimum Gasteiger partial charge on any atom is -0.454 e. The molecule has 174 valence electrons. The second kappa shape index (κ2) is 9.38. The Balaban J connectivity index is 1.66. The van der Waals surface area contributed by atoms with Crippen molar-refractivity contribution in [1.29, 1.82) is 0 Å². The standard InChI is InChI=1S/C19H9Cl4F3N2O5/c20-13-11-12(14(21)16(23)15(13)22)18(32)28(17(11)31)5-10(30)33-6-9(29)27-8-4-2-1-3-7(8)19(24,25)26/h1-4H,5-6H2,(H,27,29). The molecule has 0 atom stereocenters. The van der Waals surface area contributed by atoms with Gasteiger partial charge in [0.05, 0.1) is 42.5 Å². The van der Waals surface area contributed by atoms with Crippen molar-refractivity contribution in [2.75, 3.05) is 18.5 Å². The number of halogens is 7. The van der Waals surface area contributed by atoms with Crippen molar-refractivity contribution < 1.29 is 37.1 Å². The van der Waals surface area contributed by atoms with Gasteiger partial charge in [0.15, 0.2) is 6.61 Å². The van der Waals surface area contributed by atoms with Gasteiger partial charge in [-0.2, -0.15) is 13.2 Å². The van der Waals surface area contributed by atoms with Gasteiger partial charge in [-0.25, -0.2) is 0 Å². The van der Waals surface area contributed by atoms with Crippen LogP contribution in [-0.2, 0) is 20.5 Å². The third kappa shape index (κ3) is 4.89. The van der Waals surface area contributed by atoms with Gasteiger partial charge in [-0.15, -0.1) is 0 Å². The van der Waals surface area contributed by atoms with Crippen LogP contribution in [0.5, 0.6) is 0 Å². The Bertz CT molecular complexity index is 1160. The van der Waals surface area contributed by atoms with Gasteiger partial charge < -0.3 is 10.1 Å². The van der Waals surface area contributed by atoms with E-state index in [-0.39, 0.29) is 31.2 Å². The zero-order chi connectivity index (χ0) is 24.7. The van der Waals surface area contributed by atoms with E-state index in [2.05, 4.69) is 4.74 Å². The van der Waals surface area contributed by atoms with Crippen LogP contribution in [0.25, 0.3) is 0 Å². The number of esters is 1. The van der Waals surface area contributed by atoms with E-state index in [0.717, 1.165) is 18.2 Å². The molecule has 14 heteroatoms. The molecule has 3 amide bonds. The van der Waals surface area contributed by atoms with Crippen molar-refractivity contribution in [2.45, 2.75) is 6.18 Å². The largest absolute Gasteiger partial charge is 0.454 e. The highest BCUT2D eigenvalue weighted by molar-refractivity contribution is 6.55. The number of benzene rings is 2. The van der Waals surface area contributed by atoms with Gasteiger partial charge in [0.25, 0.3) is 17.7 Å². The van der Waals surface area contributed by atoms with Crippen molar-refractivity contribution in [1.82, 2.24) is 4.90 Å². The van der Waals surface area contributed by atoms with Crippen molar-refractivity contribution in [3.05, 3.63) is 61.0 Å². The molecule has 1 heterocycles. The molecular weight excluding hydrogens is 535 g/mol. The Labute approximate surface area is 203 Å². The third-order valence-electron chi connectivity index (χ3n) is 4.34. The fraction of sp³-hybridized carbons (Fsp3) is 0.158. The molecule has 0 bridgehead atoms. The molecule has 1 aliphatic heterocycles. The summed E-state index contributed by atoms with van der Waals surface area (Å²) in [6.45, 7) is -1.91. The maximum atomic E-state index is 13.0. The second-order valence-corrected chi connectivity index (χ2v) is 7.97. The summed E-state index contributed by atoms with van der Waals surface area (Å²) in [7, 11) is 0. The number of rotatable bonds is 5. The fourth-order valence-corrected chi connectivity index (χ4v) is 3.90. The molecule has 3 rings (SSSR count). The van der Waals surface area contributed by atoms with E-state index < -0.39 is 54.3 Å². The van der Waals surface area contributed by atoms with Crippen LogP contribution in [0, 0.1) is 0 Å². The number of imide groups is 1. The number of carbonyl (C=O) groups is 4. The highest BCUT2D eigenvalue weighted by Gasteiger charge is 2.42. The summed E-state index contributed by atoms with van der Waals surface area (Å²) in [5.41, 5.74) is -2.34. The van der Waals surface area contributed by atoms with Crippen LogP contribution in [0.3, 0.4) is 0 Å². The minimum atomic E-state index is -4.72. The lowest BCUT2D eigenvalue weighted by Gasteiger charge is -2.15. The molecule has 7 nitrogen and oxygen atoms in total. The summed E-state index contributed by atoms with van der Waals surface area (Å²) in [6.07, 6.45) is -4.72. The third-order valence-corrected chi connectivity index (χ3v) is 6.15. The normalized spacial score (nSPS) is 13.2. The average Bonchev–Trinajstić information content (AvgIpc) is 2.99. The first-order valence-corrected chi connectivity index (χ1v) is 10.2. The molecule has 0 radical (unpaired) electrons. The molecule has 0 unspecified atom stereocenters. The first kappa shape index (κ1) is 25.1. The van der Waals surface area contributed by atoms with Gasteiger partial charge in [0.1, 0.15) is 6.54 Å². The summed E-state index contributed by atoms with van der Waals surface area (Å²) >= 11 is 23.7. The summed E-state index contributed by atoms with van der Waals surface area (Å²) in [4.78, 5) is 49.6. The number of hydrogen-bond acceptors (Lipinski definition) is 5. The molecule has 0 saturated carbocycles. The Morgan fingerprint density at radius 1 is 0.909 bits per heavy atom. The molecule has 0 fully saturated rings. The maximum absolute atomic E-state index is 13.0. The van der Waals surface area contributed by atoms with E-state index in [1.165, 1.54) is 6.07 Å². The van der Waals surface area contributed by atoms with Gasteiger partial charge in [-0.05, 0) is 12.1 Å². The topological polar surface area (TPSA) is 92.8 Å². The summed E-state index contributed by atoms with van der Waals surface area (Å²) in [5.74, 6) is -4.28. The SMILES string of the molecule is O=C(COC(=O)CN1C(=O)c2c(Cl)c(Cl)c(Cl)c(Cl)c2C1=O)Nc1ccccc1C(F)(F)F. The van der Waals surface area contributed by atoms with Crippen LogP contribution in [0.4, 0.5) is 18.9 Å². The lowest BCUT2D eigenvalue weighted by molar-refractivity contribution is -0.147. The van der Waals surface area contributed by atoms with Crippen molar-refractivity contribution >= 4 is 75.8 Å². The van der Waals surface area contributed by atoms with E-state index in [1.807, 2.05) is 5.32 Å². The van der Waals surface area contributed by atoms with E-state index in [9.17, 15) is 32.3 Å². The van der Waals surface area contributed by atoms with E-state index >= 15 is 0 Å². The van der Waals surface area contributed by atoms with Crippen molar-refractivity contribution in [3.63, 3.8) is 0 Å². The Hall–Kier alpha value is -2.53. The number of alkyl halides is 3. The van der Waals surface area contributed by atoms with Crippen LogP contribution in [-0.4, -0.2) is 41.7 Å². The van der Waals surface area contributed by atoms with E-state index in [0.29, 0.717) is 4.90 Å². The molecule has 0 saturated heterocycles. The van der Waals surface area contributed by atoms with Crippen LogP contribution in [0.2, 0.25) is 20.1 Å². The maximum Gasteiger partial charge on any atom is 0.418 e. The molecule has 1 N–H and O–H groups in total. The van der Waals surface area contributed by atoms with Crippen LogP contribution in [0.1, 0.15) is 26.3 Å². The average molecular weight is 544 g/mol. The monoisotopic (exact) mass is 542 g/mol. The molecule has 33 heavy (non-hydrogen) atoms. The lowest BCUT2D eigenvalue weighted by atomic mass is 10.1. The zero-order valence-electron chi connectivity index (χ0n) is 15.9. The molecular formula is C19H9Cl4F3N2O5. The predicted octanol–water partition coefficient (Wildman–Crippen LogP) is 5.10. The van der Waals surface area contributed by atoms with Gasteiger partial charge in [-0.3, -0.25) is 24.1 Å². The molecule has 0 aromatic heterocycles. The minimum absolute atomic E-state index is 0.261. The number of fused-ring (bicyclic) bond motifs is 1. The van der Waals surface area contributed by atoms with Gasteiger partial charge in [0.2, 0.25) is 0 Å². The number of anilines is 1. The predicted molar refractivity (Wildman–Crippen MR) is 113 cm³/mol. The quantitative estimate of drug-likeness (QED) is 0.245. The van der Waals surface area contributed by atoms with Gasteiger partial charge >= 0.3 is 12.1 Å². The van der Waals surface area contributed by atoms with Crippen molar-refractivity contribution in [2.24, 2.45) is 0 Å². The number of nitrogens with zero attached hydrogens (tertiary/aromatic N) is 1. The van der Waals surface area contributed by atoms with Crippen LogP contribution >= 0.6 is 46.4 Å². The van der Waals surface area contributed by atoms with Crippen molar-refractivity contribution in [3.8, 4) is 0 Å². The first-order valence-electron chi connectivity index (χ1n) is 8.68. The number of amides is 3. The van der Waals surface area contributed by atoms with E-state index in [1.54, 1.807) is 0 Å².